The molecule has 1 aromatic carbocycles. The van der Waals surface area contributed by atoms with Crippen LogP contribution in [0.3, 0.4) is 0 Å². The van der Waals surface area contributed by atoms with Gasteiger partial charge in [0, 0.05) is 43.5 Å². The van der Waals surface area contributed by atoms with Crippen molar-refractivity contribution in [1.29, 1.82) is 0 Å². The van der Waals surface area contributed by atoms with Crippen LogP contribution < -0.4 is 20.9 Å². The third-order valence-electron chi connectivity index (χ3n) is 4.97. The molecule has 3 N–H and O–H groups in total. The lowest BCUT2D eigenvalue weighted by Crippen LogP contribution is -2.40. The standard InChI is InChI=1S/C20H24N6O4/c21-18(27)14-2-1-3-15(12-14)22-19(28)16-13-17(25-4-8-29-9-5-25)24-20(23-16)26-6-10-30-11-7-26/h1-3,12-13H,4-11H2,(H2,21,27)(H,22,28). The Hall–Kier alpha value is -3.24. The van der Waals surface area contributed by atoms with Crippen molar-refractivity contribution in [3.8, 4) is 0 Å². The highest BCUT2D eigenvalue weighted by molar-refractivity contribution is 6.04. The SMILES string of the molecule is NC(=O)c1cccc(NC(=O)c2cc(N3CCOCC3)nc(N3CCOCC3)n2)c1. The second-order valence-electron chi connectivity index (χ2n) is 7.01. The van der Waals surface area contributed by atoms with Crippen molar-refractivity contribution < 1.29 is 19.1 Å². The molecule has 0 bridgehead atoms. The summed E-state index contributed by atoms with van der Waals surface area (Å²) >= 11 is 0. The van der Waals surface area contributed by atoms with Gasteiger partial charge in [0.1, 0.15) is 11.5 Å². The van der Waals surface area contributed by atoms with Gasteiger partial charge in [-0.3, -0.25) is 9.59 Å². The molecule has 2 amide bonds. The van der Waals surface area contributed by atoms with Crippen LogP contribution in [0.25, 0.3) is 0 Å². The summed E-state index contributed by atoms with van der Waals surface area (Å²) in [6.45, 7) is 5.11. The van der Waals surface area contributed by atoms with Crippen LogP contribution >= 0.6 is 0 Å². The number of rotatable bonds is 5. The summed E-state index contributed by atoms with van der Waals surface area (Å²) in [4.78, 5) is 37.7. The molecular formula is C20H24N6O4. The molecule has 0 spiro atoms. The fourth-order valence-corrected chi connectivity index (χ4v) is 3.34. The molecule has 0 atom stereocenters. The number of morpholine rings is 2. The van der Waals surface area contributed by atoms with E-state index in [4.69, 9.17) is 20.2 Å². The van der Waals surface area contributed by atoms with Gasteiger partial charge in [0.15, 0.2) is 0 Å². The van der Waals surface area contributed by atoms with E-state index in [9.17, 15) is 9.59 Å². The van der Waals surface area contributed by atoms with Gasteiger partial charge < -0.3 is 30.3 Å². The van der Waals surface area contributed by atoms with E-state index in [-0.39, 0.29) is 11.6 Å². The molecule has 158 valence electrons. The maximum Gasteiger partial charge on any atom is 0.274 e. The van der Waals surface area contributed by atoms with Crippen LogP contribution in [0.15, 0.2) is 30.3 Å². The van der Waals surface area contributed by atoms with Crippen LogP contribution in [0, 0.1) is 0 Å². The minimum atomic E-state index is -0.558. The number of ether oxygens (including phenoxy) is 2. The summed E-state index contributed by atoms with van der Waals surface area (Å²) in [5.74, 6) is 0.240. The Labute approximate surface area is 174 Å². The summed E-state index contributed by atoms with van der Waals surface area (Å²) in [7, 11) is 0. The normalized spacial score (nSPS) is 16.9. The van der Waals surface area contributed by atoms with Gasteiger partial charge in [-0.1, -0.05) is 6.07 Å². The first-order valence-corrected chi connectivity index (χ1v) is 9.86. The predicted molar refractivity (Wildman–Crippen MR) is 111 cm³/mol. The lowest BCUT2D eigenvalue weighted by Gasteiger charge is -2.31. The van der Waals surface area contributed by atoms with Gasteiger partial charge in [-0.25, -0.2) is 4.98 Å². The van der Waals surface area contributed by atoms with Gasteiger partial charge >= 0.3 is 0 Å². The Morgan fingerprint density at radius 1 is 0.933 bits per heavy atom. The van der Waals surface area contributed by atoms with E-state index in [1.165, 1.54) is 6.07 Å². The van der Waals surface area contributed by atoms with Crippen molar-refractivity contribution in [1.82, 2.24) is 9.97 Å². The molecule has 4 rings (SSSR count). The van der Waals surface area contributed by atoms with Crippen molar-refractivity contribution >= 4 is 29.3 Å². The molecule has 3 heterocycles. The van der Waals surface area contributed by atoms with E-state index in [1.807, 2.05) is 4.90 Å². The molecule has 0 saturated carbocycles. The van der Waals surface area contributed by atoms with Gasteiger partial charge in [0.2, 0.25) is 11.9 Å². The number of carbonyl (C=O) groups excluding carboxylic acids is 2. The second-order valence-corrected chi connectivity index (χ2v) is 7.01. The lowest BCUT2D eigenvalue weighted by molar-refractivity contribution is 0.0995. The van der Waals surface area contributed by atoms with Gasteiger partial charge in [-0.05, 0) is 18.2 Å². The summed E-state index contributed by atoms with van der Waals surface area (Å²) in [6, 6.07) is 8.16. The third kappa shape index (κ3) is 4.66. The number of hydrogen-bond acceptors (Lipinski definition) is 8. The summed E-state index contributed by atoms with van der Waals surface area (Å²) in [5, 5.41) is 2.79. The molecule has 0 unspecified atom stereocenters. The number of nitrogens with zero attached hydrogens (tertiary/aromatic N) is 4. The number of carbonyl (C=O) groups is 2. The first-order chi connectivity index (χ1) is 14.6. The average molecular weight is 412 g/mol. The zero-order chi connectivity index (χ0) is 20.9. The zero-order valence-corrected chi connectivity index (χ0v) is 16.5. The van der Waals surface area contributed by atoms with E-state index in [2.05, 4.69) is 15.2 Å². The smallest absolute Gasteiger partial charge is 0.274 e. The van der Waals surface area contributed by atoms with Crippen LogP contribution in [-0.4, -0.2) is 74.4 Å². The summed E-state index contributed by atoms with van der Waals surface area (Å²) in [5.41, 5.74) is 6.36. The maximum atomic E-state index is 13.0. The molecule has 0 aliphatic carbocycles. The number of anilines is 3. The predicted octanol–water partition coefficient (Wildman–Crippen LogP) is 0.501. The van der Waals surface area contributed by atoms with Gasteiger partial charge in [-0.2, -0.15) is 4.98 Å². The van der Waals surface area contributed by atoms with Gasteiger partial charge in [0.25, 0.3) is 5.91 Å². The molecule has 2 aliphatic rings. The fraction of sp³-hybridized carbons (Fsp3) is 0.400. The Balaban J connectivity index is 1.62. The number of nitrogens with two attached hydrogens (primary N) is 1. The highest BCUT2D eigenvalue weighted by Gasteiger charge is 2.22. The zero-order valence-electron chi connectivity index (χ0n) is 16.5. The Bertz CT molecular complexity index is 889. The molecule has 1 aromatic heterocycles. The fourth-order valence-electron chi connectivity index (χ4n) is 3.34. The number of nitrogens with one attached hydrogen (secondary N) is 1. The number of hydrogen-bond donors (Lipinski definition) is 2. The Morgan fingerprint density at radius 2 is 1.60 bits per heavy atom. The molecule has 2 aromatic rings. The first kappa shape index (κ1) is 20.0. The van der Waals surface area contributed by atoms with Crippen molar-refractivity contribution in [2.24, 2.45) is 5.73 Å². The van der Waals surface area contributed by atoms with Crippen LogP contribution in [-0.2, 0) is 9.47 Å². The minimum absolute atomic E-state index is 0.248. The van der Waals surface area contributed by atoms with Crippen LogP contribution in [0.2, 0.25) is 0 Å². The quantitative estimate of drug-likeness (QED) is 0.728. The van der Waals surface area contributed by atoms with Crippen LogP contribution in [0.1, 0.15) is 20.8 Å². The average Bonchev–Trinajstić information content (AvgIpc) is 2.80. The molecule has 2 fully saturated rings. The Morgan fingerprint density at radius 3 is 2.27 bits per heavy atom. The Kier molecular flexibility index (Phi) is 6.05. The number of benzene rings is 1. The molecule has 0 radical (unpaired) electrons. The molecule has 30 heavy (non-hydrogen) atoms. The van der Waals surface area contributed by atoms with E-state index in [0.29, 0.717) is 75.6 Å². The monoisotopic (exact) mass is 412 g/mol. The lowest BCUT2D eigenvalue weighted by atomic mass is 10.2. The first-order valence-electron chi connectivity index (χ1n) is 9.86. The van der Waals surface area contributed by atoms with E-state index in [0.717, 1.165) is 0 Å². The van der Waals surface area contributed by atoms with E-state index < -0.39 is 5.91 Å². The maximum absolute atomic E-state index is 13.0. The topological polar surface area (TPSA) is 123 Å². The second kappa shape index (κ2) is 9.06. The molecule has 2 saturated heterocycles. The van der Waals surface area contributed by atoms with Crippen LogP contribution in [0.4, 0.5) is 17.5 Å². The molecule has 2 aliphatic heterocycles. The highest BCUT2D eigenvalue weighted by Crippen LogP contribution is 2.21. The largest absolute Gasteiger partial charge is 0.378 e. The number of amides is 2. The number of primary amides is 1. The van der Waals surface area contributed by atoms with Crippen molar-refractivity contribution in [3.05, 3.63) is 41.6 Å². The highest BCUT2D eigenvalue weighted by atomic mass is 16.5. The van der Waals surface area contributed by atoms with Crippen LogP contribution in [0.5, 0.6) is 0 Å². The third-order valence-corrected chi connectivity index (χ3v) is 4.97. The van der Waals surface area contributed by atoms with Gasteiger partial charge in [-0.15, -0.1) is 0 Å². The summed E-state index contributed by atoms with van der Waals surface area (Å²) < 4.78 is 10.8. The summed E-state index contributed by atoms with van der Waals surface area (Å²) in [6.07, 6.45) is 0. The van der Waals surface area contributed by atoms with E-state index in [1.54, 1.807) is 24.3 Å². The van der Waals surface area contributed by atoms with Crippen molar-refractivity contribution in [2.75, 3.05) is 67.7 Å². The number of aromatic nitrogens is 2. The van der Waals surface area contributed by atoms with Crippen molar-refractivity contribution in [2.45, 2.75) is 0 Å². The minimum Gasteiger partial charge on any atom is -0.378 e. The van der Waals surface area contributed by atoms with Gasteiger partial charge in [0.05, 0.1) is 26.4 Å². The van der Waals surface area contributed by atoms with Crippen molar-refractivity contribution in [3.63, 3.8) is 0 Å². The molecular weight excluding hydrogens is 388 g/mol. The molecule has 10 nitrogen and oxygen atoms in total. The molecule has 10 heteroatoms. The van der Waals surface area contributed by atoms with E-state index >= 15 is 0 Å².